The zero-order valence-corrected chi connectivity index (χ0v) is 14.7. The van der Waals surface area contributed by atoms with Crippen molar-refractivity contribution < 1.29 is 9.53 Å². The van der Waals surface area contributed by atoms with Crippen LogP contribution in [0.15, 0.2) is 48.5 Å². The SMILES string of the molecule is CCCCc1ccc(NC(=O)CCc2ccc(OCC)cc2)cc1. The molecule has 2 aromatic rings. The molecule has 0 saturated carbocycles. The highest BCUT2D eigenvalue weighted by atomic mass is 16.5. The second kappa shape index (κ2) is 9.76. The van der Waals surface area contributed by atoms with E-state index in [0.717, 1.165) is 29.8 Å². The normalized spacial score (nSPS) is 10.4. The molecule has 2 rings (SSSR count). The molecule has 0 aromatic heterocycles. The Kier molecular flexibility index (Phi) is 7.34. The molecule has 0 spiro atoms. The molecule has 0 fully saturated rings. The lowest BCUT2D eigenvalue weighted by atomic mass is 10.1. The predicted molar refractivity (Wildman–Crippen MR) is 99.6 cm³/mol. The van der Waals surface area contributed by atoms with Crippen LogP contribution < -0.4 is 10.1 Å². The van der Waals surface area contributed by atoms with Crippen molar-refractivity contribution in [1.82, 2.24) is 0 Å². The van der Waals surface area contributed by atoms with E-state index in [1.54, 1.807) is 0 Å². The number of anilines is 1. The van der Waals surface area contributed by atoms with Crippen molar-refractivity contribution in [2.75, 3.05) is 11.9 Å². The van der Waals surface area contributed by atoms with Crippen molar-refractivity contribution in [2.24, 2.45) is 0 Å². The molecule has 0 saturated heterocycles. The first-order chi connectivity index (χ1) is 11.7. The lowest BCUT2D eigenvalue weighted by Gasteiger charge is -2.07. The lowest BCUT2D eigenvalue weighted by molar-refractivity contribution is -0.116. The molecule has 0 heterocycles. The molecule has 2 aromatic carbocycles. The summed E-state index contributed by atoms with van der Waals surface area (Å²) in [6, 6.07) is 16.1. The molecular formula is C21H27NO2. The Hall–Kier alpha value is -2.29. The second-order valence-corrected chi connectivity index (χ2v) is 5.93. The van der Waals surface area contributed by atoms with Crippen molar-refractivity contribution in [1.29, 1.82) is 0 Å². The molecule has 128 valence electrons. The van der Waals surface area contributed by atoms with Crippen LogP contribution in [-0.2, 0) is 17.6 Å². The van der Waals surface area contributed by atoms with Gasteiger partial charge in [0.2, 0.25) is 5.91 Å². The second-order valence-electron chi connectivity index (χ2n) is 5.93. The molecule has 0 bridgehead atoms. The van der Waals surface area contributed by atoms with Gasteiger partial charge in [-0.25, -0.2) is 0 Å². The monoisotopic (exact) mass is 325 g/mol. The van der Waals surface area contributed by atoms with Gasteiger partial charge in [-0.05, 0) is 61.6 Å². The summed E-state index contributed by atoms with van der Waals surface area (Å²) in [4.78, 5) is 12.1. The quantitative estimate of drug-likeness (QED) is 0.704. The first kappa shape index (κ1) is 18.1. The Labute approximate surface area is 145 Å². The number of ether oxygens (including phenoxy) is 1. The highest BCUT2D eigenvalue weighted by Gasteiger charge is 2.04. The zero-order valence-electron chi connectivity index (χ0n) is 14.7. The van der Waals surface area contributed by atoms with E-state index in [4.69, 9.17) is 4.74 Å². The standard InChI is InChI=1S/C21H27NO2/c1-3-5-6-17-7-12-19(13-8-17)22-21(23)16-11-18-9-14-20(15-10-18)24-4-2/h7-10,12-15H,3-6,11,16H2,1-2H3,(H,22,23). The van der Waals surface area contributed by atoms with Crippen LogP contribution in [0.25, 0.3) is 0 Å². The van der Waals surface area contributed by atoms with E-state index in [0.29, 0.717) is 13.0 Å². The van der Waals surface area contributed by atoms with E-state index >= 15 is 0 Å². The van der Waals surface area contributed by atoms with Gasteiger partial charge >= 0.3 is 0 Å². The average Bonchev–Trinajstić information content (AvgIpc) is 2.61. The predicted octanol–water partition coefficient (Wildman–Crippen LogP) is 5.00. The number of nitrogens with one attached hydrogen (secondary N) is 1. The highest BCUT2D eigenvalue weighted by molar-refractivity contribution is 5.90. The maximum Gasteiger partial charge on any atom is 0.224 e. The Morgan fingerprint density at radius 2 is 1.54 bits per heavy atom. The summed E-state index contributed by atoms with van der Waals surface area (Å²) in [5.41, 5.74) is 3.33. The maximum absolute atomic E-state index is 12.1. The molecular weight excluding hydrogens is 298 g/mol. The number of carbonyl (C=O) groups is 1. The summed E-state index contributed by atoms with van der Waals surface area (Å²) in [5.74, 6) is 0.916. The van der Waals surface area contributed by atoms with Crippen LogP contribution in [0.3, 0.4) is 0 Å². The first-order valence-corrected chi connectivity index (χ1v) is 8.81. The van der Waals surface area contributed by atoms with Crippen molar-refractivity contribution in [3.8, 4) is 5.75 Å². The molecule has 0 aliphatic rings. The number of hydrogen-bond acceptors (Lipinski definition) is 2. The fraction of sp³-hybridized carbons (Fsp3) is 0.381. The van der Waals surface area contributed by atoms with Gasteiger partial charge in [0.05, 0.1) is 6.61 Å². The van der Waals surface area contributed by atoms with Gasteiger partial charge in [0.15, 0.2) is 0 Å². The van der Waals surface area contributed by atoms with E-state index < -0.39 is 0 Å². The number of benzene rings is 2. The largest absolute Gasteiger partial charge is 0.494 e. The zero-order chi connectivity index (χ0) is 17.2. The van der Waals surface area contributed by atoms with E-state index in [1.165, 1.54) is 18.4 Å². The summed E-state index contributed by atoms with van der Waals surface area (Å²) in [5, 5.41) is 2.96. The minimum Gasteiger partial charge on any atom is -0.494 e. The number of amides is 1. The topological polar surface area (TPSA) is 38.3 Å². The van der Waals surface area contributed by atoms with Crippen LogP contribution in [0, 0.1) is 0 Å². The lowest BCUT2D eigenvalue weighted by Crippen LogP contribution is -2.12. The van der Waals surface area contributed by atoms with Crippen LogP contribution in [0.1, 0.15) is 44.2 Å². The van der Waals surface area contributed by atoms with E-state index in [9.17, 15) is 4.79 Å². The van der Waals surface area contributed by atoms with E-state index in [2.05, 4.69) is 24.4 Å². The number of unbranched alkanes of at least 4 members (excludes halogenated alkanes) is 1. The molecule has 0 aliphatic carbocycles. The van der Waals surface area contributed by atoms with Crippen LogP contribution in [0.2, 0.25) is 0 Å². The minimum absolute atomic E-state index is 0.0465. The summed E-state index contributed by atoms with van der Waals surface area (Å²) in [6.07, 6.45) is 4.71. The Morgan fingerprint density at radius 3 is 2.17 bits per heavy atom. The Balaban J connectivity index is 1.78. The van der Waals surface area contributed by atoms with Crippen LogP contribution in [0.4, 0.5) is 5.69 Å². The van der Waals surface area contributed by atoms with Gasteiger partial charge in [-0.1, -0.05) is 37.6 Å². The third-order valence-electron chi connectivity index (χ3n) is 3.93. The summed E-state index contributed by atoms with van der Waals surface area (Å²) < 4.78 is 5.42. The van der Waals surface area contributed by atoms with Crippen molar-refractivity contribution in [3.63, 3.8) is 0 Å². The first-order valence-electron chi connectivity index (χ1n) is 8.81. The fourth-order valence-electron chi connectivity index (χ4n) is 2.54. The van der Waals surface area contributed by atoms with Gasteiger partial charge in [-0.3, -0.25) is 4.79 Å². The molecule has 3 heteroatoms. The number of hydrogen-bond donors (Lipinski definition) is 1. The molecule has 1 amide bonds. The molecule has 24 heavy (non-hydrogen) atoms. The number of rotatable bonds is 9. The number of aryl methyl sites for hydroxylation is 2. The number of carbonyl (C=O) groups excluding carboxylic acids is 1. The third kappa shape index (κ3) is 6.07. The van der Waals surface area contributed by atoms with Crippen molar-refractivity contribution >= 4 is 11.6 Å². The Bertz CT molecular complexity index is 617. The summed E-state index contributed by atoms with van der Waals surface area (Å²) >= 11 is 0. The van der Waals surface area contributed by atoms with Gasteiger partial charge in [0.1, 0.15) is 5.75 Å². The van der Waals surface area contributed by atoms with Crippen molar-refractivity contribution in [2.45, 2.75) is 46.0 Å². The molecule has 3 nitrogen and oxygen atoms in total. The van der Waals surface area contributed by atoms with Crippen LogP contribution in [0.5, 0.6) is 5.75 Å². The van der Waals surface area contributed by atoms with Gasteiger partial charge in [0, 0.05) is 12.1 Å². The average molecular weight is 325 g/mol. The maximum atomic E-state index is 12.1. The Morgan fingerprint density at radius 1 is 0.917 bits per heavy atom. The molecule has 0 aliphatic heterocycles. The molecule has 0 radical (unpaired) electrons. The molecule has 1 N–H and O–H groups in total. The highest BCUT2D eigenvalue weighted by Crippen LogP contribution is 2.15. The molecule has 0 unspecified atom stereocenters. The van der Waals surface area contributed by atoms with Gasteiger partial charge in [-0.2, -0.15) is 0 Å². The van der Waals surface area contributed by atoms with Gasteiger partial charge in [0.25, 0.3) is 0 Å². The van der Waals surface area contributed by atoms with Gasteiger partial charge in [-0.15, -0.1) is 0 Å². The van der Waals surface area contributed by atoms with Crippen LogP contribution in [-0.4, -0.2) is 12.5 Å². The minimum atomic E-state index is 0.0465. The van der Waals surface area contributed by atoms with E-state index in [1.807, 2.05) is 43.3 Å². The smallest absolute Gasteiger partial charge is 0.224 e. The summed E-state index contributed by atoms with van der Waals surface area (Å²) in [6.45, 7) is 4.83. The third-order valence-corrected chi connectivity index (χ3v) is 3.93. The molecule has 0 atom stereocenters. The summed E-state index contributed by atoms with van der Waals surface area (Å²) in [7, 11) is 0. The van der Waals surface area contributed by atoms with Crippen LogP contribution >= 0.6 is 0 Å². The van der Waals surface area contributed by atoms with Crippen molar-refractivity contribution in [3.05, 3.63) is 59.7 Å². The van der Waals surface area contributed by atoms with E-state index in [-0.39, 0.29) is 5.91 Å². The van der Waals surface area contributed by atoms with Gasteiger partial charge < -0.3 is 10.1 Å². The fourth-order valence-corrected chi connectivity index (χ4v) is 2.54.